The number of nitrogens with one attached hydrogen (secondary N) is 1. The van der Waals surface area contributed by atoms with Crippen LogP contribution in [0.5, 0.6) is 0 Å². The predicted molar refractivity (Wildman–Crippen MR) is 71.1 cm³/mol. The van der Waals surface area contributed by atoms with E-state index in [1.54, 1.807) is 6.08 Å². The molecule has 0 saturated carbocycles. The number of hydrogen-bond donors (Lipinski definition) is 1. The molecule has 1 atom stereocenters. The molecule has 1 unspecified atom stereocenters. The molecule has 0 amide bonds. The average Bonchev–Trinajstić information content (AvgIpc) is 2.65. The van der Waals surface area contributed by atoms with Crippen LogP contribution in [0.15, 0.2) is 42.1 Å². The second kappa shape index (κ2) is 4.84. The Balaban J connectivity index is 2.24. The molecular formula is C15H19NO2. The third-order valence-electron chi connectivity index (χ3n) is 3.47. The van der Waals surface area contributed by atoms with Crippen molar-refractivity contribution in [3.8, 4) is 0 Å². The van der Waals surface area contributed by atoms with Gasteiger partial charge in [0.25, 0.3) is 0 Å². The lowest BCUT2D eigenvalue weighted by molar-refractivity contribution is -0.134. The van der Waals surface area contributed by atoms with Crippen LogP contribution in [0.4, 0.5) is 0 Å². The SMILES string of the molecule is COC(=O)C=C1CC(c2ccccc2)C(C)(C)N1. The van der Waals surface area contributed by atoms with E-state index in [2.05, 4.69) is 36.0 Å². The van der Waals surface area contributed by atoms with Gasteiger partial charge in [-0.05, 0) is 25.8 Å². The highest BCUT2D eigenvalue weighted by atomic mass is 16.5. The second-order valence-electron chi connectivity index (χ2n) is 5.21. The molecule has 0 aromatic heterocycles. The molecule has 1 heterocycles. The third kappa shape index (κ3) is 2.55. The second-order valence-corrected chi connectivity index (χ2v) is 5.21. The predicted octanol–water partition coefficient (Wildman–Crippen LogP) is 2.60. The maximum Gasteiger partial charge on any atom is 0.332 e. The summed E-state index contributed by atoms with van der Waals surface area (Å²) in [5, 5.41) is 3.40. The van der Waals surface area contributed by atoms with Gasteiger partial charge in [0.1, 0.15) is 0 Å². The lowest BCUT2D eigenvalue weighted by Crippen LogP contribution is -2.36. The molecule has 3 nitrogen and oxygen atoms in total. The third-order valence-corrected chi connectivity index (χ3v) is 3.47. The summed E-state index contributed by atoms with van der Waals surface area (Å²) < 4.78 is 4.67. The topological polar surface area (TPSA) is 38.3 Å². The molecule has 1 aliphatic heterocycles. The van der Waals surface area contributed by atoms with Crippen LogP contribution in [-0.2, 0) is 9.53 Å². The zero-order chi connectivity index (χ0) is 13.2. The first-order valence-corrected chi connectivity index (χ1v) is 6.14. The summed E-state index contributed by atoms with van der Waals surface area (Å²) in [6.07, 6.45) is 2.39. The molecule has 1 fully saturated rings. The maximum atomic E-state index is 11.3. The molecule has 1 saturated heterocycles. The molecule has 0 spiro atoms. The Kier molecular flexibility index (Phi) is 3.41. The number of carbonyl (C=O) groups excluding carboxylic acids is 1. The number of hydrogen-bond acceptors (Lipinski definition) is 3. The minimum absolute atomic E-state index is 0.0544. The molecular weight excluding hydrogens is 226 g/mol. The lowest BCUT2D eigenvalue weighted by atomic mass is 9.83. The molecule has 1 aromatic carbocycles. The van der Waals surface area contributed by atoms with Gasteiger partial charge < -0.3 is 10.1 Å². The van der Waals surface area contributed by atoms with E-state index >= 15 is 0 Å². The Bertz CT molecular complexity index is 463. The largest absolute Gasteiger partial charge is 0.466 e. The van der Waals surface area contributed by atoms with E-state index in [9.17, 15) is 4.79 Å². The minimum Gasteiger partial charge on any atom is -0.466 e. The fourth-order valence-electron chi connectivity index (χ4n) is 2.54. The Morgan fingerprint density at radius 3 is 2.67 bits per heavy atom. The summed E-state index contributed by atoms with van der Waals surface area (Å²) >= 11 is 0. The molecule has 1 aromatic rings. The van der Waals surface area contributed by atoms with Crippen molar-refractivity contribution in [2.24, 2.45) is 0 Å². The van der Waals surface area contributed by atoms with Crippen LogP contribution in [0.2, 0.25) is 0 Å². The number of carbonyl (C=O) groups is 1. The minimum atomic E-state index is -0.304. The van der Waals surface area contributed by atoms with Gasteiger partial charge in [-0.2, -0.15) is 0 Å². The Morgan fingerprint density at radius 1 is 1.39 bits per heavy atom. The summed E-state index contributed by atoms with van der Waals surface area (Å²) in [7, 11) is 1.40. The highest BCUT2D eigenvalue weighted by molar-refractivity contribution is 5.82. The van der Waals surface area contributed by atoms with E-state index in [1.165, 1.54) is 12.7 Å². The van der Waals surface area contributed by atoms with Crippen molar-refractivity contribution in [1.29, 1.82) is 0 Å². The first-order chi connectivity index (χ1) is 8.53. The van der Waals surface area contributed by atoms with Gasteiger partial charge in [0.15, 0.2) is 0 Å². The van der Waals surface area contributed by atoms with Crippen molar-refractivity contribution >= 4 is 5.97 Å². The van der Waals surface area contributed by atoms with Gasteiger partial charge in [0, 0.05) is 23.2 Å². The van der Waals surface area contributed by atoms with Crippen LogP contribution in [0.25, 0.3) is 0 Å². The molecule has 2 rings (SSSR count). The molecule has 3 heteroatoms. The molecule has 0 radical (unpaired) electrons. The van der Waals surface area contributed by atoms with Crippen molar-refractivity contribution in [2.45, 2.75) is 31.7 Å². The maximum absolute atomic E-state index is 11.3. The van der Waals surface area contributed by atoms with Crippen LogP contribution < -0.4 is 5.32 Å². The van der Waals surface area contributed by atoms with Crippen LogP contribution >= 0.6 is 0 Å². The monoisotopic (exact) mass is 245 g/mol. The van der Waals surface area contributed by atoms with Gasteiger partial charge in [0.2, 0.25) is 0 Å². The van der Waals surface area contributed by atoms with Gasteiger partial charge >= 0.3 is 5.97 Å². The Morgan fingerprint density at radius 2 is 2.06 bits per heavy atom. The molecule has 1 aliphatic rings. The van der Waals surface area contributed by atoms with Gasteiger partial charge in [0.05, 0.1) is 7.11 Å². The van der Waals surface area contributed by atoms with Crippen molar-refractivity contribution < 1.29 is 9.53 Å². The molecule has 18 heavy (non-hydrogen) atoms. The van der Waals surface area contributed by atoms with Gasteiger partial charge in [-0.25, -0.2) is 4.79 Å². The van der Waals surface area contributed by atoms with Crippen LogP contribution in [0.3, 0.4) is 0 Å². The van der Waals surface area contributed by atoms with E-state index < -0.39 is 0 Å². The van der Waals surface area contributed by atoms with Crippen LogP contribution in [-0.4, -0.2) is 18.6 Å². The number of esters is 1. The molecule has 0 aliphatic carbocycles. The summed E-state index contributed by atoms with van der Waals surface area (Å²) in [5.74, 6) is 0.0663. The van der Waals surface area contributed by atoms with Gasteiger partial charge in [-0.1, -0.05) is 30.3 Å². The first-order valence-electron chi connectivity index (χ1n) is 6.14. The summed E-state index contributed by atoms with van der Waals surface area (Å²) in [5.41, 5.74) is 2.19. The van der Waals surface area contributed by atoms with Crippen molar-refractivity contribution in [3.05, 3.63) is 47.7 Å². The molecule has 0 bridgehead atoms. The number of benzene rings is 1. The van der Waals surface area contributed by atoms with Crippen molar-refractivity contribution in [2.75, 3.05) is 7.11 Å². The summed E-state index contributed by atoms with van der Waals surface area (Å²) in [6.45, 7) is 4.31. The smallest absolute Gasteiger partial charge is 0.332 e. The Hall–Kier alpha value is -1.77. The van der Waals surface area contributed by atoms with Gasteiger partial charge in [-0.3, -0.25) is 0 Å². The van der Waals surface area contributed by atoms with Gasteiger partial charge in [-0.15, -0.1) is 0 Å². The zero-order valence-corrected chi connectivity index (χ0v) is 11.1. The van der Waals surface area contributed by atoms with E-state index in [0.717, 1.165) is 12.1 Å². The van der Waals surface area contributed by atoms with E-state index in [4.69, 9.17) is 0 Å². The van der Waals surface area contributed by atoms with Crippen molar-refractivity contribution in [1.82, 2.24) is 5.32 Å². The Labute approximate surface area is 108 Å². The van der Waals surface area contributed by atoms with Crippen molar-refractivity contribution in [3.63, 3.8) is 0 Å². The molecule has 96 valence electrons. The normalized spacial score (nSPS) is 23.7. The van der Waals surface area contributed by atoms with E-state index in [1.807, 2.05) is 18.2 Å². The highest BCUT2D eigenvalue weighted by Gasteiger charge is 2.37. The lowest BCUT2D eigenvalue weighted by Gasteiger charge is -2.27. The summed E-state index contributed by atoms with van der Waals surface area (Å²) in [6, 6.07) is 10.4. The summed E-state index contributed by atoms with van der Waals surface area (Å²) in [4.78, 5) is 11.3. The number of allylic oxidation sites excluding steroid dienone is 1. The molecule has 1 N–H and O–H groups in total. The fourth-order valence-corrected chi connectivity index (χ4v) is 2.54. The highest BCUT2D eigenvalue weighted by Crippen LogP contribution is 2.39. The van der Waals surface area contributed by atoms with E-state index in [-0.39, 0.29) is 11.5 Å². The number of methoxy groups -OCH3 is 1. The van der Waals surface area contributed by atoms with Crippen LogP contribution in [0.1, 0.15) is 31.7 Å². The standard InChI is InChI=1S/C15H19NO2/c1-15(2)13(11-7-5-4-6-8-11)9-12(16-15)10-14(17)18-3/h4-8,10,13,16H,9H2,1-3H3. The number of rotatable bonds is 2. The first kappa shape index (κ1) is 12.7. The average molecular weight is 245 g/mol. The number of ether oxygens (including phenoxy) is 1. The zero-order valence-electron chi connectivity index (χ0n) is 11.1. The fraction of sp³-hybridized carbons (Fsp3) is 0.400. The van der Waals surface area contributed by atoms with Crippen LogP contribution in [0, 0.1) is 0 Å². The quantitative estimate of drug-likeness (QED) is 0.643. The van der Waals surface area contributed by atoms with E-state index in [0.29, 0.717) is 5.92 Å².